The van der Waals surface area contributed by atoms with Crippen LogP contribution in [0.2, 0.25) is 0 Å². The van der Waals surface area contributed by atoms with E-state index in [-0.39, 0.29) is 6.42 Å². The van der Waals surface area contributed by atoms with Crippen LogP contribution in [0.1, 0.15) is 61.1 Å². The Kier molecular flexibility index (Phi) is 5.03. The summed E-state index contributed by atoms with van der Waals surface area (Å²) in [5, 5.41) is 17.9. The molecule has 0 spiro atoms. The molecule has 1 aliphatic rings. The molecule has 0 aliphatic heterocycles. The second kappa shape index (κ2) is 7.23. The lowest BCUT2D eigenvalue weighted by atomic mass is 10.1. The molecule has 1 fully saturated rings. The Labute approximate surface area is 146 Å². The monoisotopic (exact) mass is 344 g/mol. The van der Waals surface area contributed by atoms with Crippen molar-refractivity contribution in [2.45, 2.75) is 57.7 Å². The summed E-state index contributed by atoms with van der Waals surface area (Å²) < 4.78 is 2.05. The number of rotatable bonds is 6. The molecular weight excluding hydrogens is 320 g/mol. The highest BCUT2D eigenvalue weighted by Crippen LogP contribution is 2.33. The first kappa shape index (κ1) is 17.4. The molecule has 2 amide bonds. The van der Waals surface area contributed by atoms with Crippen molar-refractivity contribution in [1.29, 1.82) is 0 Å². The van der Waals surface area contributed by atoms with E-state index in [0.717, 1.165) is 35.9 Å². The van der Waals surface area contributed by atoms with Crippen molar-refractivity contribution in [1.82, 2.24) is 15.1 Å². The molecule has 7 heteroatoms. The molecule has 1 atom stereocenters. The summed E-state index contributed by atoms with van der Waals surface area (Å²) >= 11 is 0. The van der Waals surface area contributed by atoms with Crippen molar-refractivity contribution < 1.29 is 14.7 Å². The fraction of sp³-hybridized carbons (Fsp3) is 0.500. The highest BCUT2D eigenvalue weighted by Gasteiger charge is 2.22. The van der Waals surface area contributed by atoms with E-state index in [4.69, 9.17) is 10.8 Å². The number of hydrogen-bond acceptors (Lipinski definition) is 4. The Bertz CT molecular complexity index is 793. The summed E-state index contributed by atoms with van der Waals surface area (Å²) in [5.74, 6) is -1.11. The summed E-state index contributed by atoms with van der Waals surface area (Å²) in [6.45, 7) is 2.07. The van der Waals surface area contributed by atoms with E-state index in [1.807, 2.05) is 12.1 Å². The van der Waals surface area contributed by atoms with E-state index in [0.29, 0.717) is 11.6 Å². The van der Waals surface area contributed by atoms with Gasteiger partial charge < -0.3 is 16.2 Å². The summed E-state index contributed by atoms with van der Waals surface area (Å²) in [6, 6.07) is 5.81. The highest BCUT2D eigenvalue weighted by molar-refractivity contribution is 5.98. The van der Waals surface area contributed by atoms with Gasteiger partial charge in [-0.1, -0.05) is 25.8 Å². The number of carbonyl (C=O) groups excluding carboxylic acids is 2. The molecule has 3 rings (SSSR count). The van der Waals surface area contributed by atoms with Crippen molar-refractivity contribution in [3.63, 3.8) is 0 Å². The van der Waals surface area contributed by atoms with Crippen LogP contribution >= 0.6 is 0 Å². The van der Waals surface area contributed by atoms with Crippen LogP contribution in [-0.4, -0.2) is 32.9 Å². The molecule has 1 heterocycles. The second-order valence-electron chi connectivity index (χ2n) is 6.57. The minimum atomic E-state index is -1.29. The Hall–Kier alpha value is -2.41. The van der Waals surface area contributed by atoms with Crippen LogP contribution in [0.25, 0.3) is 10.9 Å². The lowest BCUT2D eigenvalue weighted by Crippen LogP contribution is -2.37. The SMILES string of the molecule is CCc1nn(C2CCCC2)c2cc(C(=O)N[C@H](O)CC(N)=O)ccc12. The van der Waals surface area contributed by atoms with Gasteiger partial charge in [0.25, 0.3) is 5.91 Å². The van der Waals surface area contributed by atoms with Crippen LogP contribution < -0.4 is 11.1 Å². The fourth-order valence-electron chi connectivity index (χ4n) is 3.51. The Balaban J connectivity index is 1.91. The summed E-state index contributed by atoms with van der Waals surface area (Å²) in [4.78, 5) is 23.2. The van der Waals surface area contributed by atoms with Crippen molar-refractivity contribution >= 4 is 22.7 Å². The molecule has 25 heavy (non-hydrogen) atoms. The van der Waals surface area contributed by atoms with Gasteiger partial charge in [-0.2, -0.15) is 5.10 Å². The van der Waals surface area contributed by atoms with Crippen LogP contribution in [0, 0.1) is 0 Å². The van der Waals surface area contributed by atoms with E-state index < -0.39 is 18.0 Å². The third-order valence-electron chi connectivity index (χ3n) is 4.74. The number of hydrogen-bond donors (Lipinski definition) is 3. The zero-order valence-corrected chi connectivity index (χ0v) is 14.4. The van der Waals surface area contributed by atoms with E-state index in [9.17, 15) is 14.7 Å². The van der Waals surface area contributed by atoms with Gasteiger partial charge in [0.1, 0.15) is 6.23 Å². The number of aromatic nitrogens is 2. The molecule has 1 aliphatic carbocycles. The number of aryl methyl sites for hydroxylation is 1. The maximum atomic E-state index is 12.3. The highest BCUT2D eigenvalue weighted by atomic mass is 16.3. The lowest BCUT2D eigenvalue weighted by Gasteiger charge is -2.13. The molecule has 4 N–H and O–H groups in total. The number of amides is 2. The minimum absolute atomic E-state index is 0.312. The van der Waals surface area contributed by atoms with Gasteiger partial charge in [-0.15, -0.1) is 0 Å². The number of nitrogens with two attached hydrogens (primary N) is 1. The van der Waals surface area contributed by atoms with Crippen LogP contribution in [0.5, 0.6) is 0 Å². The van der Waals surface area contributed by atoms with E-state index in [1.54, 1.807) is 6.07 Å². The van der Waals surface area contributed by atoms with E-state index in [1.165, 1.54) is 12.8 Å². The molecule has 0 saturated heterocycles. The van der Waals surface area contributed by atoms with Crippen molar-refractivity contribution in [2.75, 3.05) is 0 Å². The first-order valence-electron chi connectivity index (χ1n) is 8.78. The molecular formula is C18H24N4O3. The molecule has 1 aromatic carbocycles. The summed E-state index contributed by atoms with van der Waals surface area (Å²) in [6.07, 6.45) is 3.85. The van der Waals surface area contributed by atoms with Gasteiger partial charge in [-0.25, -0.2) is 0 Å². The van der Waals surface area contributed by atoms with Gasteiger partial charge in [0, 0.05) is 10.9 Å². The van der Waals surface area contributed by atoms with Gasteiger partial charge in [-0.05, 0) is 31.4 Å². The minimum Gasteiger partial charge on any atom is -0.373 e. The zero-order valence-electron chi connectivity index (χ0n) is 14.4. The number of nitrogens with one attached hydrogen (secondary N) is 1. The number of fused-ring (bicyclic) bond motifs is 1. The lowest BCUT2D eigenvalue weighted by molar-refractivity contribution is -0.120. The largest absolute Gasteiger partial charge is 0.373 e. The van der Waals surface area contributed by atoms with Gasteiger partial charge in [-0.3, -0.25) is 14.3 Å². The van der Waals surface area contributed by atoms with Crippen molar-refractivity contribution in [2.24, 2.45) is 5.73 Å². The average molecular weight is 344 g/mol. The maximum absolute atomic E-state index is 12.3. The first-order chi connectivity index (χ1) is 12.0. The number of nitrogens with zero attached hydrogens (tertiary/aromatic N) is 2. The molecule has 2 aromatic rings. The smallest absolute Gasteiger partial charge is 0.253 e. The Morgan fingerprint density at radius 1 is 1.40 bits per heavy atom. The fourth-order valence-corrected chi connectivity index (χ4v) is 3.51. The molecule has 134 valence electrons. The van der Waals surface area contributed by atoms with Gasteiger partial charge >= 0.3 is 0 Å². The first-order valence-corrected chi connectivity index (χ1v) is 8.78. The Morgan fingerprint density at radius 2 is 2.12 bits per heavy atom. The molecule has 1 aromatic heterocycles. The van der Waals surface area contributed by atoms with Crippen LogP contribution in [0.3, 0.4) is 0 Å². The average Bonchev–Trinajstić information content (AvgIpc) is 3.20. The summed E-state index contributed by atoms with van der Waals surface area (Å²) in [5.41, 5.74) is 7.43. The predicted molar refractivity (Wildman–Crippen MR) is 93.9 cm³/mol. The maximum Gasteiger partial charge on any atom is 0.253 e. The van der Waals surface area contributed by atoms with Crippen LogP contribution in [0.4, 0.5) is 0 Å². The number of aliphatic hydroxyl groups excluding tert-OH is 1. The van der Waals surface area contributed by atoms with Crippen molar-refractivity contribution in [3.8, 4) is 0 Å². The third-order valence-corrected chi connectivity index (χ3v) is 4.74. The second-order valence-corrected chi connectivity index (χ2v) is 6.57. The molecule has 0 bridgehead atoms. The van der Waals surface area contributed by atoms with E-state index >= 15 is 0 Å². The number of aliphatic hydroxyl groups is 1. The predicted octanol–water partition coefficient (Wildman–Crippen LogP) is 1.64. The van der Waals surface area contributed by atoms with E-state index in [2.05, 4.69) is 16.9 Å². The van der Waals surface area contributed by atoms with Gasteiger partial charge in [0.15, 0.2) is 0 Å². The quantitative estimate of drug-likeness (QED) is 0.692. The molecule has 0 radical (unpaired) electrons. The van der Waals surface area contributed by atoms with Crippen LogP contribution in [-0.2, 0) is 11.2 Å². The van der Waals surface area contributed by atoms with Crippen molar-refractivity contribution in [3.05, 3.63) is 29.5 Å². The Morgan fingerprint density at radius 3 is 2.76 bits per heavy atom. The molecule has 1 saturated carbocycles. The normalized spacial score (nSPS) is 16.2. The topological polar surface area (TPSA) is 110 Å². The zero-order chi connectivity index (χ0) is 18.0. The number of carbonyl (C=O) groups is 2. The standard InChI is InChI=1S/C18H24N4O3/c1-2-14-13-8-7-11(18(25)20-17(24)10-16(19)23)9-15(13)22(21-14)12-5-3-4-6-12/h7-9,12,17,24H,2-6,10H2,1H3,(H2,19,23)(H,20,25)/t17-/m1/s1. The number of benzene rings is 1. The van der Waals surface area contributed by atoms with Gasteiger partial charge in [0.05, 0.1) is 23.7 Å². The van der Waals surface area contributed by atoms with Crippen LogP contribution in [0.15, 0.2) is 18.2 Å². The molecule has 7 nitrogen and oxygen atoms in total. The third kappa shape index (κ3) is 3.66. The molecule has 0 unspecified atom stereocenters. The summed E-state index contributed by atoms with van der Waals surface area (Å²) in [7, 11) is 0. The van der Waals surface area contributed by atoms with Gasteiger partial charge in [0.2, 0.25) is 5.91 Å². The number of primary amides is 1.